The highest BCUT2D eigenvalue weighted by Gasteiger charge is 2.21. The number of rotatable bonds is 4. The van der Waals surface area contributed by atoms with Crippen LogP contribution in [-0.4, -0.2) is 15.1 Å². The molecule has 0 saturated heterocycles. The van der Waals surface area contributed by atoms with Crippen LogP contribution in [-0.2, 0) is 0 Å². The van der Waals surface area contributed by atoms with Gasteiger partial charge in [0.05, 0.1) is 6.04 Å². The molecule has 5 heteroatoms. The average molecular weight is 282 g/mol. The standard InChI is InChI=1S/C16H18N4O/c1-3-10(2)13(17)16-19-15(20-21-16)14-12-7-5-4-6-11(12)8-9-18-14/h4-10,13H,3,17H2,1-2H3/t10-,13-/m0/s1. The summed E-state index contributed by atoms with van der Waals surface area (Å²) in [7, 11) is 0. The highest BCUT2D eigenvalue weighted by Crippen LogP contribution is 2.26. The van der Waals surface area contributed by atoms with E-state index in [4.69, 9.17) is 10.3 Å². The number of benzene rings is 1. The van der Waals surface area contributed by atoms with Crippen LogP contribution in [0.4, 0.5) is 0 Å². The van der Waals surface area contributed by atoms with Crippen molar-refractivity contribution >= 4 is 10.8 Å². The summed E-state index contributed by atoms with van der Waals surface area (Å²) < 4.78 is 5.33. The Balaban J connectivity index is 2.02. The quantitative estimate of drug-likeness (QED) is 0.794. The second-order valence-electron chi connectivity index (χ2n) is 5.25. The third-order valence-corrected chi connectivity index (χ3v) is 3.87. The average Bonchev–Trinajstić information content (AvgIpc) is 3.02. The van der Waals surface area contributed by atoms with Crippen molar-refractivity contribution < 1.29 is 4.52 Å². The summed E-state index contributed by atoms with van der Waals surface area (Å²) in [4.78, 5) is 8.82. The third-order valence-electron chi connectivity index (χ3n) is 3.87. The van der Waals surface area contributed by atoms with E-state index < -0.39 is 0 Å². The van der Waals surface area contributed by atoms with Gasteiger partial charge in [-0.1, -0.05) is 49.7 Å². The van der Waals surface area contributed by atoms with Gasteiger partial charge >= 0.3 is 0 Å². The van der Waals surface area contributed by atoms with Gasteiger partial charge in [0.15, 0.2) is 0 Å². The highest BCUT2D eigenvalue weighted by atomic mass is 16.5. The Morgan fingerprint density at radius 3 is 2.86 bits per heavy atom. The number of hydrogen-bond acceptors (Lipinski definition) is 5. The summed E-state index contributed by atoms with van der Waals surface area (Å²) in [6.45, 7) is 4.17. The van der Waals surface area contributed by atoms with E-state index in [0.717, 1.165) is 22.9 Å². The van der Waals surface area contributed by atoms with E-state index in [1.165, 1.54) is 0 Å². The summed E-state index contributed by atoms with van der Waals surface area (Å²) >= 11 is 0. The number of aromatic nitrogens is 3. The molecule has 0 fully saturated rings. The lowest BCUT2D eigenvalue weighted by atomic mass is 10.0. The van der Waals surface area contributed by atoms with Crippen LogP contribution in [0.5, 0.6) is 0 Å². The van der Waals surface area contributed by atoms with Gasteiger partial charge in [-0.2, -0.15) is 4.98 Å². The van der Waals surface area contributed by atoms with Crippen molar-refractivity contribution in [3.63, 3.8) is 0 Å². The zero-order valence-corrected chi connectivity index (χ0v) is 12.2. The molecule has 0 aliphatic carbocycles. The first-order valence-corrected chi connectivity index (χ1v) is 7.14. The van der Waals surface area contributed by atoms with E-state index in [2.05, 4.69) is 29.0 Å². The van der Waals surface area contributed by atoms with Crippen molar-refractivity contribution in [1.29, 1.82) is 0 Å². The van der Waals surface area contributed by atoms with Crippen molar-refractivity contribution in [3.05, 3.63) is 42.4 Å². The van der Waals surface area contributed by atoms with Crippen molar-refractivity contribution in [1.82, 2.24) is 15.1 Å². The van der Waals surface area contributed by atoms with Crippen molar-refractivity contribution in [2.24, 2.45) is 11.7 Å². The molecule has 0 aliphatic rings. The molecule has 0 radical (unpaired) electrons. The molecule has 2 atom stereocenters. The largest absolute Gasteiger partial charge is 0.337 e. The Kier molecular flexibility index (Phi) is 3.66. The molecule has 0 saturated carbocycles. The number of pyridine rings is 1. The molecule has 0 aliphatic heterocycles. The zero-order valence-electron chi connectivity index (χ0n) is 12.2. The lowest BCUT2D eigenvalue weighted by Gasteiger charge is -2.12. The molecule has 2 aromatic heterocycles. The van der Waals surface area contributed by atoms with E-state index in [0.29, 0.717) is 17.6 Å². The van der Waals surface area contributed by atoms with E-state index in [1.807, 2.05) is 30.3 Å². The van der Waals surface area contributed by atoms with Gasteiger partial charge in [-0.25, -0.2) is 0 Å². The van der Waals surface area contributed by atoms with Gasteiger partial charge in [0, 0.05) is 11.6 Å². The first-order valence-electron chi connectivity index (χ1n) is 7.14. The molecule has 5 nitrogen and oxygen atoms in total. The van der Waals surface area contributed by atoms with E-state index in [-0.39, 0.29) is 6.04 Å². The highest BCUT2D eigenvalue weighted by molar-refractivity contribution is 5.92. The molecule has 2 N–H and O–H groups in total. The van der Waals surface area contributed by atoms with Crippen LogP contribution >= 0.6 is 0 Å². The SMILES string of the molecule is CC[C@H](C)[C@H](N)c1nc(-c2nccc3ccccc23)no1. The molecular weight excluding hydrogens is 264 g/mol. The fourth-order valence-corrected chi connectivity index (χ4v) is 2.26. The topological polar surface area (TPSA) is 77.8 Å². The fraction of sp³-hybridized carbons (Fsp3) is 0.312. The second kappa shape index (κ2) is 5.61. The minimum absolute atomic E-state index is 0.244. The monoisotopic (exact) mass is 282 g/mol. The minimum Gasteiger partial charge on any atom is -0.337 e. The summed E-state index contributed by atoms with van der Waals surface area (Å²) in [6, 6.07) is 9.72. The van der Waals surface area contributed by atoms with Crippen molar-refractivity contribution in [2.75, 3.05) is 0 Å². The van der Waals surface area contributed by atoms with E-state index in [1.54, 1.807) is 6.20 Å². The maximum absolute atomic E-state index is 6.14. The molecule has 0 amide bonds. The van der Waals surface area contributed by atoms with Gasteiger partial charge in [0.1, 0.15) is 5.69 Å². The number of fused-ring (bicyclic) bond motifs is 1. The number of nitrogens with zero attached hydrogens (tertiary/aromatic N) is 3. The van der Waals surface area contributed by atoms with Gasteiger partial charge < -0.3 is 10.3 Å². The molecule has 3 rings (SSSR count). The number of hydrogen-bond donors (Lipinski definition) is 1. The lowest BCUT2D eigenvalue weighted by Crippen LogP contribution is -2.18. The van der Waals surface area contributed by atoms with Gasteiger partial charge in [-0.3, -0.25) is 4.98 Å². The van der Waals surface area contributed by atoms with Crippen molar-refractivity contribution in [3.8, 4) is 11.5 Å². The molecule has 0 spiro atoms. The van der Waals surface area contributed by atoms with Crippen LogP contribution in [0.2, 0.25) is 0 Å². The lowest BCUT2D eigenvalue weighted by molar-refractivity contribution is 0.312. The van der Waals surface area contributed by atoms with Gasteiger partial charge in [0.2, 0.25) is 11.7 Å². The van der Waals surface area contributed by atoms with E-state index in [9.17, 15) is 0 Å². The molecular formula is C16H18N4O. The zero-order chi connectivity index (χ0) is 14.8. The van der Waals surface area contributed by atoms with Crippen LogP contribution in [0.1, 0.15) is 32.2 Å². The summed E-state index contributed by atoms with van der Waals surface area (Å²) in [5.74, 6) is 1.24. The van der Waals surface area contributed by atoms with Crippen LogP contribution in [0.25, 0.3) is 22.3 Å². The molecule has 21 heavy (non-hydrogen) atoms. The molecule has 2 heterocycles. The maximum Gasteiger partial charge on any atom is 0.244 e. The summed E-state index contributed by atoms with van der Waals surface area (Å²) in [6.07, 6.45) is 2.72. The fourth-order valence-electron chi connectivity index (χ4n) is 2.26. The van der Waals surface area contributed by atoms with Crippen molar-refractivity contribution in [2.45, 2.75) is 26.3 Å². The minimum atomic E-state index is -0.244. The molecule has 0 bridgehead atoms. The maximum atomic E-state index is 6.14. The smallest absolute Gasteiger partial charge is 0.244 e. The molecule has 0 unspecified atom stereocenters. The Morgan fingerprint density at radius 1 is 1.24 bits per heavy atom. The first-order chi connectivity index (χ1) is 10.2. The molecule has 3 aromatic rings. The number of nitrogens with two attached hydrogens (primary N) is 1. The third kappa shape index (κ3) is 2.52. The Morgan fingerprint density at radius 2 is 2.05 bits per heavy atom. The second-order valence-corrected chi connectivity index (χ2v) is 5.25. The first kappa shape index (κ1) is 13.7. The Hall–Kier alpha value is -2.27. The predicted molar refractivity (Wildman–Crippen MR) is 81.4 cm³/mol. The van der Waals surface area contributed by atoms with Gasteiger partial charge in [-0.05, 0) is 17.4 Å². The molecule has 1 aromatic carbocycles. The normalized spacial score (nSPS) is 14.2. The van der Waals surface area contributed by atoms with Gasteiger partial charge in [0.25, 0.3) is 0 Å². The predicted octanol–water partition coefficient (Wildman–Crippen LogP) is 3.33. The van der Waals surface area contributed by atoms with Crippen LogP contribution in [0.3, 0.4) is 0 Å². The van der Waals surface area contributed by atoms with Crippen LogP contribution < -0.4 is 5.73 Å². The summed E-state index contributed by atoms with van der Waals surface area (Å²) in [5, 5.41) is 6.15. The van der Waals surface area contributed by atoms with Crippen LogP contribution in [0.15, 0.2) is 41.1 Å². The molecule has 108 valence electrons. The van der Waals surface area contributed by atoms with Gasteiger partial charge in [-0.15, -0.1) is 0 Å². The summed E-state index contributed by atoms with van der Waals surface area (Å²) in [5.41, 5.74) is 6.86. The Labute approximate surface area is 123 Å². The Bertz CT molecular complexity index is 747. The van der Waals surface area contributed by atoms with E-state index >= 15 is 0 Å². The van der Waals surface area contributed by atoms with Crippen LogP contribution in [0, 0.1) is 5.92 Å².